The van der Waals surface area contributed by atoms with Crippen LogP contribution in [0.2, 0.25) is 5.02 Å². The van der Waals surface area contributed by atoms with E-state index >= 15 is 0 Å². The third kappa shape index (κ3) is 4.45. The maximum atomic E-state index is 6.18. The van der Waals surface area contributed by atoms with Gasteiger partial charge in [0.05, 0.1) is 0 Å². The molecule has 0 heterocycles. The molecule has 0 unspecified atom stereocenters. The SMILES string of the molecule is CCc1ccc(NC(=S)N(C)Cc2ccccc2Cl)cc1. The Balaban J connectivity index is 1.97. The van der Waals surface area contributed by atoms with Crippen molar-refractivity contribution in [2.75, 3.05) is 12.4 Å². The maximum Gasteiger partial charge on any atom is 0.173 e. The summed E-state index contributed by atoms with van der Waals surface area (Å²) in [6.07, 6.45) is 1.04. The number of benzene rings is 2. The quantitative estimate of drug-likeness (QED) is 0.820. The molecule has 2 aromatic carbocycles. The van der Waals surface area contributed by atoms with Gasteiger partial charge >= 0.3 is 0 Å². The van der Waals surface area contributed by atoms with E-state index in [1.165, 1.54) is 5.56 Å². The molecule has 0 saturated carbocycles. The number of anilines is 1. The lowest BCUT2D eigenvalue weighted by Gasteiger charge is -2.21. The summed E-state index contributed by atoms with van der Waals surface area (Å²) in [5.41, 5.74) is 3.38. The number of nitrogens with zero attached hydrogens (tertiary/aromatic N) is 1. The molecule has 21 heavy (non-hydrogen) atoms. The largest absolute Gasteiger partial charge is 0.348 e. The normalized spacial score (nSPS) is 10.2. The molecule has 4 heteroatoms. The number of halogens is 1. The summed E-state index contributed by atoms with van der Waals surface area (Å²) in [7, 11) is 1.96. The molecule has 0 aromatic heterocycles. The van der Waals surface area contributed by atoms with E-state index in [2.05, 4.69) is 36.5 Å². The van der Waals surface area contributed by atoms with E-state index in [9.17, 15) is 0 Å². The van der Waals surface area contributed by atoms with Crippen molar-refractivity contribution in [2.24, 2.45) is 0 Å². The second kappa shape index (κ2) is 7.43. The Labute approximate surface area is 136 Å². The van der Waals surface area contributed by atoms with Crippen molar-refractivity contribution in [1.82, 2.24) is 4.90 Å². The zero-order chi connectivity index (χ0) is 15.2. The van der Waals surface area contributed by atoms with Crippen LogP contribution in [0, 0.1) is 0 Å². The molecule has 2 rings (SSSR count). The second-order valence-corrected chi connectivity index (χ2v) is 5.72. The van der Waals surface area contributed by atoms with E-state index in [-0.39, 0.29) is 0 Å². The number of rotatable bonds is 4. The average Bonchev–Trinajstić information content (AvgIpc) is 2.50. The van der Waals surface area contributed by atoms with Crippen molar-refractivity contribution in [1.29, 1.82) is 0 Å². The third-order valence-electron chi connectivity index (χ3n) is 3.33. The molecule has 0 radical (unpaired) electrons. The van der Waals surface area contributed by atoms with E-state index in [0.717, 1.165) is 22.7 Å². The molecule has 0 spiro atoms. The van der Waals surface area contributed by atoms with Crippen molar-refractivity contribution in [3.05, 3.63) is 64.7 Å². The van der Waals surface area contributed by atoms with E-state index in [1.54, 1.807) is 0 Å². The molecule has 0 aliphatic heterocycles. The van der Waals surface area contributed by atoms with Crippen LogP contribution in [0.25, 0.3) is 0 Å². The standard InChI is InChI=1S/C17H19ClN2S/c1-3-13-8-10-15(11-9-13)19-17(21)20(2)12-14-6-4-5-7-16(14)18/h4-11H,3,12H2,1-2H3,(H,19,21). The van der Waals surface area contributed by atoms with Crippen LogP contribution in [0.15, 0.2) is 48.5 Å². The van der Waals surface area contributed by atoms with E-state index in [1.807, 2.05) is 36.2 Å². The molecular weight excluding hydrogens is 300 g/mol. The van der Waals surface area contributed by atoms with Gasteiger partial charge < -0.3 is 10.2 Å². The van der Waals surface area contributed by atoms with Crippen LogP contribution < -0.4 is 5.32 Å². The van der Waals surface area contributed by atoms with Crippen LogP contribution in [0.3, 0.4) is 0 Å². The van der Waals surface area contributed by atoms with Gasteiger partial charge in [0.15, 0.2) is 5.11 Å². The molecular formula is C17H19ClN2S. The second-order valence-electron chi connectivity index (χ2n) is 4.93. The molecule has 0 atom stereocenters. The van der Waals surface area contributed by atoms with Crippen LogP contribution >= 0.6 is 23.8 Å². The Kier molecular flexibility index (Phi) is 5.59. The lowest BCUT2D eigenvalue weighted by Crippen LogP contribution is -2.30. The van der Waals surface area contributed by atoms with Crippen molar-refractivity contribution in [3.8, 4) is 0 Å². The Bertz CT molecular complexity index is 610. The van der Waals surface area contributed by atoms with Crippen LogP contribution in [0.4, 0.5) is 5.69 Å². The fraction of sp³-hybridized carbons (Fsp3) is 0.235. The predicted octanol–water partition coefficient (Wildman–Crippen LogP) is 4.73. The highest BCUT2D eigenvalue weighted by Crippen LogP contribution is 2.17. The first-order valence-electron chi connectivity index (χ1n) is 6.94. The minimum Gasteiger partial charge on any atom is -0.348 e. The Morgan fingerprint density at radius 2 is 1.81 bits per heavy atom. The van der Waals surface area contributed by atoms with Crippen molar-refractivity contribution in [3.63, 3.8) is 0 Å². The van der Waals surface area contributed by atoms with Gasteiger partial charge in [-0.3, -0.25) is 0 Å². The lowest BCUT2D eigenvalue weighted by molar-refractivity contribution is 0.508. The van der Waals surface area contributed by atoms with Gasteiger partial charge in [-0.05, 0) is 48.0 Å². The van der Waals surface area contributed by atoms with Crippen LogP contribution in [-0.2, 0) is 13.0 Å². The fourth-order valence-corrected chi connectivity index (χ4v) is 2.37. The molecule has 1 N–H and O–H groups in total. The summed E-state index contributed by atoms with van der Waals surface area (Å²) in [6.45, 7) is 2.82. The van der Waals surface area contributed by atoms with Crippen LogP contribution in [0.1, 0.15) is 18.1 Å². The predicted molar refractivity (Wildman–Crippen MR) is 95.0 cm³/mol. The van der Waals surface area contributed by atoms with Crippen molar-refractivity contribution >= 4 is 34.6 Å². The van der Waals surface area contributed by atoms with Gasteiger partial charge in [-0.1, -0.05) is 48.9 Å². The van der Waals surface area contributed by atoms with Crippen molar-refractivity contribution < 1.29 is 0 Å². The smallest absolute Gasteiger partial charge is 0.173 e. The zero-order valence-corrected chi connectivity index (χ0v) is 13.8. The van der Waals surface area contributed by atoms with Gasteiger partial charge in [-0.25, -0.2) is 0 Å². The minimum absolute atomic E-state index is 0.679. The van der Waals surface area contributed by atoms with Gasteiger partial charge in [0.25, 0.3) is 0 Å². The summed E-state index contributed by atoms with van der Waals surface area (Å²) in [5.74, 6) is 0. The molecule has 2 aromatic rings. The van der Waals surface area contributed by atoms with Crippen molar-refractivity contribution in [2.45, 2.75) is 19.9 Å². The summed E-state index contributed by atoms with van der Waals surface area (Å²) in [6, 6.07) is 16.1. The highest BCUT2D eigenvalue weighted by atomic mass is 35.5. The highest BCUT2D eigenvalue weighted by Gasteiger charge is 2.07. The fourth-order valence-electron chi connectivity index (χ4n) is 2.00. The summed E-state index contributed by atoms with van der Waals surface area (Å²) < 4.78 is 0. The molecule has 0 aliphatic carbocycles. The number of aryl methyl sites for hydroxylation is 1. The third-order valence-corrected chi connectivity index (χ3v) is 4.11. The summed E-state index contributed by atoms with van der Waals surface area (Å²) >= 11 is 11.6. The zero-order valence-electron chi connectivity index (χ0n) is 12.3. The first kappa shape index (κ1) is 15.8. The lowest BCUT2D eigenvalue weighted by atomic mass is 10.1. The molecule has 0 bridgehead atoms. The Hall–Kier alpha value is -1.58. The van der Waals surface area contributed by atoms with Gasteiger partial charge in [0.1, 0.15) is 0 Å². The number of thiocarbonyl (C=S) groups is 1. The van der Waals surface area contributed by atoms with E-state index in [4.69, 9.17) is 23.8 Å². The van der Waals surface area contributed by atoms with E-state index in [0.29, 0.717) is 11.7 Å². The minimum atomic E-state index is 0.679. The monoisotopic (exact) mass is 318 g/mol. The summed E-state index contributed by atoms with van der Waals surface area (Å²) in [4.78, 5) is 1.98. The number of hydrogen-bond acceptors (Lipinski definition) is 1. The molecule has 0 amide bonds. The molecule has 0 aliphatic rings. The molecule has 0 fully saturated rings. The number of nitrogens with one attached hydrogen (secondary N) is 1. The summed E-state index contributed by atoms with van der Waals surface area (Å²) in [5, 5.41) is 4.69. The Morgan fingerprint density at radius 3 is 2.43 bits per heavy atom. The first-order valence-corrected chi connectivity index (χ1v) is 7.73. The van der Waals surface area contributed by atoms with Gasteiger partial charge in [0.2, 0.25) is 0 Å². The highest BCUT2D eigenvalue weighted by molar-refractivity contribution is 7.80. The molecule has 0 saturated heterocycles. The number of hydrogen-bond donors (Lipinski definition) is 1. The molecule has 2 nitrogen and oxygen atoms in total. The van der Waals surface area contributed by atoms with Gasteiger partial charge in [-0.15, -0.1) is 0 Å². The first-order chi connectivity index (χ1) is 10.1. The van der Waals surface area contributed by atoms with E-state index < -0.39 is 0 Å². The topological polar surface area (TPSA) is 15.3 Å². The maximum absolute atomic E-state index is 6.18. The average molecular weight is 319 g/mol. The van der Waals surface area contributed by atoms with Gasteiger partial charge in [-0.2, -0.15) is 0 Å². The Morgan fingerprint density at radius 1 is 1.14 bits per heavy atom. The molecule has 110 valence electrons. The van der Waals surface area contributed by atoms with Gasteiger partial charge in [0, 0.05) is 24.3 Å². The van der Waals surface area contributed by atoms with Crippen LogP contribution in [-0.4, -0.2) is 17.1 Å². The van der Waals surface area contributed by atoms with Crippen LogP contribution in [0.5, 0.6) is 0 Å².